The fourth-order valence-electron chi connectivity index (χ4n) is 8.31. The lowest BCUT2D eigenvalue weighted by Gasteiger charge is -2.30. The van der Waals surface area contributed by atoms with E-state index in [1.807, 2.05) is 0 Å². The summed E-state index contributed by atoms with van der Waals surface area (Å²) in [4.78, 5) is 0. The summed E-state index contributed by atoms with van der Waals surface area (Å²) >= 11 is 0. The Labute approximate surface area is 289 Å². The molecule has 0 saturated heterocycles. The molecule has 0 atom stereocenters. The average Bonchev–Trinajstić information content (AvgIpc) is 3.46. The molecule has 0 fully saturated rings. The predicted octanol–water partition coefficient (Wildman–Crippen LogP) is 13.7. The second-order valence-corrected chi connectivity index (χ2v) is 13.6. The van der Waals surface area contributed by atoms with Gasteiger partial charge in [0.2, 0.25) is 0 Å². The number of rotatable bonds is 6. The molecule has 0 spiro atoms. The molecule has 1 aliphatic rings. The fraction of sp³-hybridized carbons (Fsp3) is 0.102. The van der Waals surface area contributed by atoms with Gasteiger partial charge in [0, 0.05) is 5.41 Å². The van der Waals surface area contributed by atoms with Gasteiger partial charge in [-0.15, -0.1) is 0 Å². The standard InChI is InChI=1S/C49H38/c1-3-49(4-2)47-31-43(37-17-13-35(14-18-37)41-23-21-33-9-5-7-11-39(33)29-41)25-27-45(47)46-28-26-44(32-48(46)49)38-19-15-36(16-20-38)42-24-22-34-10-6-8-12-40(34)30-42/h5-32H,3-4H2,1-2H3. The molecule has 0 unspecified atom stereocenters. The van der Waals surface area contributed by atoms with Gasteiger partial charge in [0.25, 0.3) is 0 Å². The molecule has 1 aliphatic carbocycles. The van der Waals surface area contributed by atoms with Crippen molar-refractivity contribution in [2.75, 3.05) is 0 Å². The normalized spacial score (nSPS) is 13.0. The molecule has 0 bridgehead atoms. The molecule has 8 aromatic carbocycles. The molecule has 49 heavy (non-hydrogen) atoms. The highest BCUT2D eigenvalue weighted by molar-refractivity contribution is 5.90. The second kappa shape index (κ2) is 11.8. The summed E-state index contributed by atoms with van der Waals surface area (Å²) in [7, 11) is 0. The van der Waals surface area contributed by atoms with E-state index in [1.54, 1.807) is 0 Å². The van der Waals surface area contributed by atoms with Crippen molar-refractivity contribution in [2.45, 2.75) is 32.1 Å². The van der Waals surface area contributed by atoms with E-state index in [-0.39, 0.29) is 5.41 Å². The van der Waals surface area contributed by atoms with Crippen LogP contribution in [0.2, 0.25) is 0 Å². The van der Waals surface area contributed by atoms with Gasteiger partial charge >= 0.3 is 0 Å². The Bertz CT molecular complexity index is 2320. The highest BCUT2D eigenvalue weighted by atomic mass is 14.4. The predicted molar refractivity (Wildman–Crippen MR) is 210 cm³/mol. The maximum atomic E-state index is 2.48. The minimum atomic E-state index is -0.00718. The zero-order valence-corrected chi connectivity index (χ0v) is 28.1. The monoisotopic (exact) mass is 626 g/mol. The maximum absolute atomic E-state index is 2.48. The quantitative estimate of drug-likeness (QED) is 0.172. The Morgan fingerprint density at radius 1 is 0.306 bits per heavy atom. The maximum Gasteiger partial charge on any atom is 0.0210 e. The van der Waals surface area contributed by atoms with Gasteiger partial charge in [-0.3, -0.25) is 0 Å². The first kappa shape index (κ1) is 29.4. The molecule has 234 valence electrons. The first-order valence-corrected chi connectivity index (χ1v) is 17.6. The van der Waals surface area contributed by atoms with Crippen molar-refractivity contribution < 1.29 is 0 Å². The summed E-state index contributed by atoms with van der Waals surface area (Å²) in [6, 6.07) is 63.2. The highest BCUT2D eigenvalue weighted by Gasteiger charge is 2.40. The van der Waals surface area contributed by atoms with Crippen molar-refractivity contribution in [1.29, 1.82) is 0 Å². The number of benzene rings is 8. The van der Waals surface area contributed by atoms with Gasteiger partial charge in [0.1, 0.15) is 0 Å². The van der Waals surface area contributed by atoms with Crippen LogP contribution < -0.4 is 0 Å². The van der Waals surface area contributed by atoms with Crippen molar-refractivity contribution in [3.63, 3.8) is 0 Å². The fourth-order valence-corrected chi connectivity index (χ4v) is 8.31. The van der Waals surface area contributed by atoms with Crippen molar-refractivity contribution in [3.05, 3.63) is 181 Å². The average molecular weight is 627 g/mol. The molecule has 9 rings (SSSR count). The molecule has 0 radical (unpaired) electrons. The molecule has 8 aromatic rings. The van der Waals surface area contributed by atoms with Gasteiger partial charge in [0.15, 0.2) is 0 Å². The topological polar surface area (TPSA) is 0 Å². The minimum Gasteiger partial charge on any atom is -0.0642 e. The van der Waals surface area contributed by atoms with Gasteiger partial charge in [0.05, 0.1) is 0 Å². The van der Waals surface area contributed by atoms with Gasteiger partial charge in [-0.05, 0) is 125 Å². The summed E-state index contributed by atoms with van der Waals surface area (Å²) in [5, 5.41) is 5.11. The summed E-state index contributed by atoms with van der Waals surface area (Å²) in [6.07, 6.45) is 2.14. The number of hydrogen-bond donors (Lipinski definition) is 0. The molecule has 0 aliphatic heterocycles. The smallest absolute Gasteiger partial charge is 0.0210 e. The van der Waals surface area contributed by atoms with Crippen LogP contribution in [0.25, 0.3) is 77.2 Å². The first-order valence-electron chi connectivity index (χ1n) is 17.6. The van der Waals surface area contributed by atoms with Gasteiger partial charge in [-0.25, -0.2) is 0 Å². The Morgan fingerprint density at radius 2 is 0.612 bits per heavy atom. The summed E-state index contributed by atoms with van der Waals surface area (Å²) in [5.41, 5.74) is 15.8. The van der Waals surface area contributed by atoms with Crippen molar-refractivity contribution in [1.82, 2.24) is 0 Å². The molecular formula is C49H38. The van der Waals surface area contributed by atoms with E-state index in [0.29, 0.717) is 0 Å². The van der Waals surface area contributed by atoms with E-state index < -0.39 is 0 Å². The molecule has 0 aromatic heterocycles. The zero-order chi connectivity index (χ0) is 33.0. The van der Waals surface area contributed by atoms with E-state index in [1.165, 1.54) is 88.3 Å². The van der Waals surface area contributed by atoms with E-state index in [9.17, 15) is 0 Å². The van der Waals surface area contributed by atoms with Gasteiger partial charge in [-0.2, -0.15) is 0 Å². The van der Waals surface area contributed by atoms with Crippen molar-refractivity contribution >= 4 is 21.5 Å². The molecule has 0 amide bonds. The Kier molecular flexibility index (Phi) is 7.06. The molecule has 0 nitrogen and oxygen atoms in total. The Hall–Kier alpha value is -5.72. The van der Waals surface area contributed by atoms with Crippen molar-refractivity contribution in [2.24, 2.45) is 0 Å². The Morgan fingerprint density at radius 3 is 0.980 bits per heavy atom. The van der Waals surface area contributed by atoms with Crippen LogP contribution in [0.1, 0.15) is 37.8 Å². The van der Waals surface area contributed by atoms with Crippen LogP contribution in [-0.4, -0.2) is 0 Å². The van der Waals surface area contributed by atoms with Crippen LogP contribution in [0.4, 0.5) is 0 Å². The van der Waals surface area contributed by atoms with E-state index >= 15 is 0 Å². The van der Waals surface area contributed by atoms with Crippen LogP contribution in [-0.2, 0) is 5.41 Å². The largest absolute Gasteiger partial charge is 0.0642 e. The van der Waals surface area contributed by atoms with Crippen LogP contribution >= 0.6 is 0 Å². The molecule has 0 heteroatoms. The number of fused-ring (bicyclic) bond motifs is 5. The van der Waals surface area contributed by atoms with Gasteiger partial charge < -0.3 is 0 Å². The SMILES string of the molecule is CCC1(CC)c2cc(-c3ccc(-c4ccc5ccccc5c4)cc3)ccc2-c2ccc(-c3ccc(-c4ccc5ccccc5c4)cc3)cc21. The van der Waals surface area contributed by atoms with E-state index in [0.717, 1.165) is 12.8 Å². The third-order valence-corrected chi connectivity index (χ3v) is 11.2. The summed E-state index contributed by atoms with van der Waals surface area (Å²) in [5.74, 6) is 0. The molecule has 0 N–H and O–H groups in total. The number of hydrogen-bond acceptors (Lipinski definition) is 0. The van der Waals surface area contributed by atoms with Crippen molar-refractivity contribution in [3.8, 4) is 55.6 Å². The van der Waals surface area contributed by atoms with Gasteiger partial charge in [-0.1, -0.05) is 159 Å². The zero-order valence-electron chi connectivity index (χ0n) is 28.1. The van der Waals surface area contributed by atoms with E-state index in [4.69, 9.17) is 0 Å². The van der Waals surface area contributed by atoms with Crippen LogP contribution in [0, 0.1) is 0 Å². The lowest BCUT2D eigenvalue weighted by Crippen LogP contribution is -2.23. The van der Waals surface area contributed by atoms with E-state index in [2.05, 4.69) is 184 Å². The van der Waals surface area contributed by atoms with Crippen LogP contribution in [0.15, 0.2) is 170 Å². The summed E-state index contributed by atoms with van der Waals surface area (Å²) < 4.78 is 0. The van der Waals surface area contributed by atoms with Crippen LogP contribution in [0.5, 0.6) is 0 Å². The Balaban J connectivity index is 1.03. The van der Waals surface area contributed by atoms with Crippen LogP contribution in [0.3, 0.4) is 0 Å². The summed E-state index contributed by atoms with van der Waals surface area (Å²) in [6.45, 7) is 4.72. The minimum absolute atomic E-state index is 0.00718. The molecular weight excluding hydrogens is 589 g/mol. The molecule has 0 heterocycles. The third-order valence-electron chi connectivity index (χ3n) is 11.2. The third kappa shape index (κ3) is 4.90. The lowest BCUT2D eigenvalue weighted by atomic mass is 9.73. The first-order chi connectivity index (χ1) is 24.1. The lowest BCUT2D eigenvalue weighted by molar-refractivity contribution is 0.491. The highest BCUT2D eigenvalue weighted by Crippen LogP contribution is 2.54. The molecule has 0 saturated carbocycles. The second-order valence-electron chi connectivity index (χ2n) is 13.6.